The molecular formula is C28H33N7O3. The molecule has 0 saturated heterocycles. The van der Waals surface area contributed by atoms with Crippen molar-refractivity contribution in [1.29, 1.82) is 0 Å². The zero-order chi connectivity index (χ0) is 26.6. The molecule has 3 aromatic heterocycles. The Morgan fingerprint density at radius 1 is 1.37 bits per heavy atom. The quantitative estimate of drug-likeness (QED) is 0.362. The van der Waals surface area contributed by atoms with Crippen molar-refractivity contribution in [2.75, 3.05) is 18.5 Å². The minimum atomic E-state index is -0.632. The van der Waals surface area contributed by atoms with Crippen LogP contribution in [0.4, 0.5) is 5.95 Å². The fourth-order valence-corrected chi connectivity index (χ4v) is 6.20. The first-order chi connectivity index (χ1) is 18.4. The first kappa shape index (κ1) is 24.4. The molecule has 0 bridgehead atoms. The summed E-state index contributed by atoms with van der Waals surface area (Å²) in [5.41, 5.74) is 5.86. The van der Waals surface area contributed by atoms with Crippen LogP contribution in [0.15, 0.2) is 50.1 Å². The van der Waals surface area contributed by atoms with Crippen LogP contribution in [-0.4, -0.2) is 50.6 Å². The van der Waals surface area contributed by atoms with E-state index in [1.54, 1.807) is 13.3 Å². The van der Waals surface area contributed by atoms with Crippen LogP contribution >= 0.6 is 0 Å². The highest BCUT2D eigenvalue weighted by atomic mass is 16.5. The maximum absolute atomic E-state index is 11.7. The van der Waals surface area contributed by atoms with Gasteiger partial charge < -0.3 is 14.2 Å². The molecule has 1 N–H and O–H groups in total. The summed E-state index contributed by atoms with van der Waals surface area (Å²) in [6, 6.07) is 2.03. The number of fused-ring (bicyclic) bond motifs is 4. The van der Waals surface area contributed by atoms with Crippen LogP contribution in [0.25, 0.3) is 28.1 Å². The van der Waals surface area contributed by atoms with Gasteiger partial charge in [0.2, 0.25) is 11.8 Å². The molecule has 10 heteroatoms. The van der Waals surface area contributed by atoms with Crippen molar-refractivity contribution in [2.45, 2.75) is 65.0 Å². The molecular weight excluding hydrogens is 482 g/mol. The third-order valence-corrected chi connectivity index (χ3v) is 7.66. The van der Waals surface area contributed by atoms with Crippen LogP contribution in [0.1, 0.15) is 64.6 Å². The summed E-state index contributed by atoms with van der Waals surface area (Å²) in [6.45, 7) is 11.3. The van der Waals surface area contributed by atoms with Gasteiger partial charge >= 0.3 is 5.76 Å². The molecule has 3 aromatic rings. The summed E-state index contributed by atoms with van der Waals surface area (Å²) >= 11 is 0. The molecule has 0 fully saturated rings. The largest absolute Gasteiger partial charge is 0.491 e. The highest BCUT2D eigenvalue weighted by molar-refractivity contribution is 6.14. The van der Waals surface area contributed by atoms with E-state index in [1.165, 1.54) is 5.70 Å². The van der Waals surface area contributed by atoms with Gasteiger partial charge in [-0.05, 0) is 45.3 Å². The van der Waals surface area contributed by atoms with Crippen molar-refractivity contribution in [1.82, 2.24) is 24.7 Å². The SMILES string of the molecule is C=C(C)/C=C(\C=NC)c1nc(-c2noc(=O)[nH]2)cc2nc3n(c12)C(C)C1CCCC2=C1N3CC(CCC)O2. The molecule has 3 unspecified atom stereocenters. The molecule has 2 aliphatic heterocycles. The summed E-state index contributed by atoms with van der Waals surface area (Å²) in [5, 5.41) is 3.89. The van der Waals surface area contributed by atoms with Crippen LogP contribution < -0.4 is 10.7 Å². The Hall–Kier alpha value is -3.95. The van der Waals surface area contributed by atoms with E-state index in [0.29, 0.717) is 17.3 Å². The lowest BCUT2D eigenvalue weighted by Gasteiger charge is -2.48. The molecule has 0 saturated carbocycles. The lowest BCUT2D eigenvalue weighted by atomic mass is 9.82. The Labute approximate surface area is 220 Å². The fourth-order valence-electron chi connectivity index (χ4n) is 6.20. The molecule has 10 nitrogen and oxygen atoms in total. The number of aromatic amines is 1. The summed E-state index contributed by atoms with van der Waals surface area (Å²) < 4.78 is 13.6. The lowest BCUT2D eigenvalue weighted by Crippen LogP contribution is -2.48. The Kier molecular flexibility index (Phi) is 6.04. The molecule has 0 spiro atoms. The van der Waals surface area contributed by atoms with E-state index in [9.17, 15) is 4.79 Å². The van der Waals surface area contributed by atoms with Crippen molar-refractivity contribution in [2.24, 2.45) is 10.9 Å². The van der Waals surface area contributed by atoms with Gasteiger partial charge in [0.15, 0.2) is 0 Å². The van der Waals surface area contributed by atoms with Gasteiger partial charge in [0.1, 0.15) is 17.6 Å². The third kappa shape index (κ3) is 3.90. The van der Waals surface area contributed by atoms with Crippen molar-refractivity contribution >= 4 is 28.8 Å². The van der Waals surface area contributed by atoms with E-state index in [2.05, 4.69) is 45.0 Å². The van der Waals surface area contributed by atoms with E-state index in [0.717, 1.165) is 72.5 Å². The van der Waals surface area contributed by atoms with Gasteiger partial charge in [-0.15, -0.1) is 0 Å². The second kappa shape index (κ2) is 9.41. The minimum absolute atomic E-state index is 0.138. The third-order valence-electron chi connectivity index (χ3n) is 7.66. The van der Waals surface area contributed by atoms with Crippen molar-refractivity contribution in [3.63, 3.8) is 0 Å². The molecule has 0 amide bonds. The highest BCUT2D eigenvalue weighted by Crippen LogP contribution is 2.50. The molecule has 0 aromatic carbocycles. The maximum atomic E-state index is 11.7. The Morgan fingerprint density at radius 2 is 2.21 bits per heavy atom. The fraction of sp³-hybridized carbons (Fsp3) is 0.464. The van der Waals surface area contributed by atoms with Gasteiger partial charge in [-0.3, -0.25) is 14.5 Å². The standard InChI is InChI=1S/C28H33N7O3/c1-6-8-18-14-34-24-19(9-7-10-22(24)37-18)16(4)35-25-20(31-27(34)35)12-21(26-32-28(36)38-33-26)30-23(25)17(13-29-5)11-15(2)3/h11-13,16,18-19H,2,6-10,14H2,1,3-5H3,(H,32,33,36)/b17-11+,29-13?. The van der Waals surface area contributed by atoms with Crippen LogP contribution in [0.3, 0.4) is 0 Å². The molecule has 6 rings (SSSR count). The van der Waals surface area contributed by atoms with Gasteiger partial charge in [-0.2, -0.15) is 0 Å². The zero-order valence-corrected chi connectivity index (χ0v) is 22.3. The van der Waals surface area contributed by atoms with Gasteiger partial charge in [-0.25, -0.2) is 14.8 Å². The number of hydrogen-bond acceptors (Lipinski definition) is 8. The van der Waals surface area contributed by atoms with E-state index in [-0.39, 0.29) is 18.0 Å². The Morgan fingerprint density at radius 3 is 2.92 bits per heavy atom. The summed E-state index contributed by atoms with van der Waals surface area (Å²) in [5.74, 6) is 2.00. The number of hydrogen-bond donors (Lipinski definition) is 1. The minimum Gasteiger partial charge on any atom is -0.491 e. The molecule has 0 radical (unpaired) electrons. The first-order valence-corrected chi connectivity index (χ1v) is 13.4. The van der Waals surface area contributed by atoms with Gasteiger partial charge in [0.25, 0.3) is 0 Å². The molecule has 5 heterocycles. The molecule has 38 heavy (non-hydrogen) atoms. The Balaban J connectivity index is 1.65. The van der Waals surface area contributed by atoms with Crippen LogP contribution in [0.5, 0.6) is 0 Å². The number of aliphatic imine (C=N–C) groups is 1. The number of aromatic nitrogens is 5. The van der Waals surface area contributed by atoms with Crippen LogP contribution in [-0.2, 0) is 4.74 Å². The number of allylic oxidation sites excluding steroid dienone is 5. The monoisotopic (exact) mass is 515 g/mol. The van der Waals surface area contributed by atoms with Crippen molar-refractivity contribution < 1.29 is 9.26 Å². The average Bonchev–Trinajstić information content (AvgIpc) is 3.50. The lowest BCUT2D eigenvalue weighted by molar-refractivity contribution is 0.0724. The molecule has 1 aliphatic carbocycles. The smallest absolute Gasteiger partial charge is 0.439 e. The van der Waals surface area contributed by atoms with Gasteiger partial charge in [0, 0.05) is 37.2 Å². The van der Waals surface area contributed by atoms with Crippen LogP contribution in [0.2, 0.25) is 0 Å². The number of ether oxygens (including phenoxy) is 1. The zero-order valence-electron chi connectivity index (χ0n) is 22.3. The number of rotatable bonds is 6. The summed E-state index contributed by atoms with van der Waals surface area (Å²) in [7, 11) is 1.74. The summed E-state index contributed by atoms with van der Waals surface area (Å²) in [4.78, 5) is 31.3. The van der Waals surface area contributed by atoms with Crippen molar-refractivity contribution in [3.8, 4) is 11.5 Å². The number of imidazole rings is 1. The molecule has 3 atom stereocenters. The average molecular weight is 516 g/mol. The number of nitrogens with zero attached hydrogens (tertiary/aromatic N) is 6. The van der Waals surface area contributed by atoms with E-state index in [1.807, 2.05) is 19.1 Å². The number of nitrogens with one attached hydrogen (secondary N) is 1. The second-order valence-electron chi connectivity index (χ2n) is 10.5. The molecule has 3 aliphatic rings. The predicted molar refractivity (Wildman–Crippen MR) is 147 cm³/mol. The number of anilines is 1. The topological polar surface area (TPSA) is 114 Å². The first-order valence-electron chi connectivity index (χ1n) is 13.4. The second-order valence-corrected chi connectivity index (χ2v) is 10.5. The summed E-state index contributed by atoms with van der Waals surface area (Å²) in [6.07, 6.45) is 9.15. The van der Waals surface area contributed by atoms with Crippen molar-refractivity contribution in [3.05, 3.63) is 52.0 Å². The van der Waals surface area contributed by atoms with E-state index < -0.39 is 5.76 Å². The van der Waals surface area contributed by atoms with Crippen LogP contribution in [0, 0.1) is 5.92 Å². The molecule has 198 valence electrons. The Bertz CT molecular complexity index is 1570. The number of pyridine rings is 1. The predicted octanol–water partition coefficient (Wildman–Crippen LogP) is 5.03. The maximum Gasteiger partial charge on any atom is 0.439 e. The van der Waals surface area contributed by atoms with E-state index >= 15 is 0 Å². The highest BCUT2D eigenvalue weighted by Gasteiger charge is 2.45. The van der Waals surface area contributed by atoms with Gasteiger partial charge in [-0.1, -0.05) is 30.7 Å². The van der Waals surface area contributed by atoms with Gasteiger partial charge in [0.05, 0.1) is 29.0 Å². The van der Waals surface area contributed by atoms with E-state index in [4.69, 9.17) is 19.2 Å². The normalized spacial score (nSPS) is 23.1. The number of H-pyrrole nitrogens is 1.